The van der Waals surface area contributed by atoms with Gasteiger partial charge in [-0.05, 0) is 49.9 Å². The van der Waals surface area contributed by atoms with Crippen LogP contribution in [0.3, 0.4) is 0 Å². The van der Waals surface area contributed by atoms with Gasteiger partial charge in [0.25, 0.3) is 5.91 Å². The minimum atomic E-state index is -0.00341. The molecule has 5 heteroatoms. The number of likely N-dealkylation sites (N-methyl/N-ethyl adjacent to an activating group) is 1. The highest BCUT2D eigenvalue weighted by Crippen LogP contribution is 2.12. The standard InChI is InChI=1S/C21H36N2O2.HI/c1-5-7-9-16-23(3,17-10-8-6-2)18-15-22-21(24)19-11-13-20(25-4)14-12-19;/h11-14H,5-10,15-18H2,1-4H3;1H. The zero-order valence-corrected chi connectivity index (χ0v) is 19.2. The summed E-state index contributed by atoms with van der Waals surface area (Å²) in [5, 5.41) is 3.08. The molecule has 0 bridgehead atoms. The van der Waals surface area contributed by atoms with Crippen LogP contribution in [0.5, 0.6) is 5.75 Å². The van der Waals surface area contributed by atoms with E-state index in [0.29, 0.717) is 5.56 Å². The van der Waals surface area contributed by atoms with Gasteiger partial charge in [-0.1, -0.05) is 26.7 Å². The summed E-state index contributed by atoms with van der Waals surface area (Å²) in [5.74, 6) is 0.768. The molecule has 0 aromatic heterocycles. The van der Waals surface area contributed by atoms with Crippen LogP contribution in [0.1, 0.15) is 62.7 Å². The van der Waals surface area contributed by atoms with E-state index in [1.54, 1.807) is 7.11 Å². The van der Waals surface area contributed by atoms with Crippen molar-refractivity contribution >= 4 is 5.91 Å². The Morgan fingerprint density at radius 3 is 1.96 bits per heavy atom. The van der Waals surface area contributed by atoms with Crippen molar-refractivity contribution in [1.82, 2.24) is 5.32 Å². The van der Waals surface area contributed by atoms with Crippen LogP contribution in [0, 0.1) is 0 Å². The second-order valence-electron chi connectivity index (χ2n) is 7.19. The molecule has 0 unspecified atom stereocenters. The third-order valence-electron chi connectivity index (χ3n) is 4.89. The summed E-state index contributed by atoms with van der Waals surface area (Å²) in [7, 11) is 3.97. The lowest BCUT2D eigenvalue weighted by molar-refractivity contribution is -0.908. The molecule has 0 saturated carbocycles. The van der Waals surface area contributed by atoms with Crippen molar-refractivity contribution < 1.29 is 38.0 Å². The van der Waals surface area contributed by atoms with Gasteiger partial charge in [0.1, 0.15) is 5.75 Å². The molecule has 1 aromatic rings. The number of hydrogen-bond donors (Lipinski definition) is 1. The molecular weight excluding hydrogens is 439 g/mol. The Labute approximate surface area is 177 Å². The van der Waals surface area contributed by atoms with Gasteiger partial charge in [0.15, 0.2) is 0 Å². The molecule has 150 valence electrons. The third-order valence-corrected chi connectivity index (χ3v) is 4.89. The number of benzene rings is 1. The molecule has 0 fully saturated rings. The number of carbonyl (C=O) groups is 1. The van der Waals surface area contributed by atoms with Crippen molar-refractivity contribution in [3.05, 3.63) is 29.8 Å². The van der Waals surface area contributed by atoms with E-state index >= 15 is 0 Å². The summed E-state index contributed by atoms with van der Waals surface area (Å²) in [4.78, 5) is 12.3. The number of nitrogens with one attached hydrogen (secondary N) is 1. The van der Waals surface area contributed by atoms with Crippen molar-refractivity contribution in [3.63, 3.8) is 0 Å². The van der Waals surface area contributed by atoms with Crippen LogP contribution >= 0.6 is 0 Å². The largest absolute Gasteiger partial charge is 1.00 e. The van der Waals surface area contributed by atoms with E-state index in [0.717, 1.165) is 23.3 Å². The van der Waals surface area contributed by atoms with E-state index in [-0.39, 0.29) is 29.9 Å². The lowest BCUT2D eigenvalue weighted by atomic mass is 10.1. The van der Waals surface area contributed by atoms with Gasteiger partial charge in [-0.15, -0.1) is 0 Å². The summed E-state index contributed by atoms with van der Waals surface area (Å²) in [6, 6.07) is 7.27. The molecule has 0 spiro atoms. The predicted molar refractivity (Wildman–Crippen MR) is 105 cm³/mol. The van der Waals surface area contributed by atoms with Gasteiger partial charge in [0.05, 0.1) is 40.3 Å². The van der Waals surface area contributed by atoms with Gasteiger partial charge in [0.2, 0.25) is 0 Å². The quantitative estimate of drug-likeness (QED) is 0.265. The third kappa shape index (κ3) is 9.76. The molecule has 26 heavy (non-hydrogen) atoms. The normalized spacial score (nSPS) is 10.9. The molecule has 0 aliphatic carbocycles. The number of rotatable bonds is 13. The molecule has 0 heterocycles. The number of nitrogens with zero attached hydrogens (tertiary/aromatic N) is 1. The Hall–Kier alpha value is -0.820. The molecule has 1 aromatic carbocycles. The Morgan fingerprint density at radius 2 is 1.50 bits per heavy atom. The first kappa shape index (κ1) is 25.2. The summed E-state index contributed by atoms with van der Waals surface area (Å²) in [6.07, 6.45) is 7.63. The molecule has 0 atom stereocenters. The summed E-state index contributed by atoms with van der Waals surface area (Å²) >= 11 is 0. The fourth-order valence-electron chi connectivity index (χ4n) is 3.11. The zero-order chi connectivity index (χ0) is 18.5. The van der Waals surface area contributed by atoms with Gasteiger partial charge < -0.3 is 38.5 Å². The maximum Gasteiger partial charge on any atom is 0.251 e. The fraction of sp³-hybridized carbons (Fsp3) is 0.667. The van der Waals surface area contributed by atoms with E-state index < -0.39 is 0 Å². The van der Waals surface area contributed by atoms with Crippen molar-refractivity contribution in [3.8, 4) is 5.75 Å². The fourth-order valence-corrected chi connectivity index (χ4v) is 3.11. The average Bonchev–Trinajstić information content (AvgIpc) is 2.62. The van der Waals surface area contributed by atoms with Gasteiger partial charge in [0, 0.05) is 5.56 Å². The van der Waals surface area contributed by atoms with Crippen molar-refractivity contribution in [2.24, 2.45) is 0 Å². The number of carbonyl (C=O) groups excluding carboxylic acids is 1. The number of hydrogen-bond acceptors (Lipinski definition) is 2. The van der Waals surface area contributed by atoms with Crippen LogP contribution < -0.4 is 34.0 Å². The highest BCUT2D eigenvalue weighted by Gasteiger charge is 2.20. The van der Waals surface area contributed by atoms with Gasteiger partial charge in [-0.25, -0.2) is 0 Å². The maximum absolute atomic E-state index is 12.3. The van der Waals surface area contributed by atoms with Crippen LogP contribution in [0.15, 0.2) is 24.3 Å². The van der Waals surface area contributed by atoms with E-state index in [4.69, 9.17) is 4.74 Å². The number of methoxy groups -OCH3 is 1. The van der Waals surface area contributed by atoms with Crippen molar-refractivity contribution in [2.75, 3.05) is 40.3 Å². The minimum Gasteiger partial charge on any atom is -1.00 e. The molecule has 4 nitrogen and oxygen atoms in total. The molecule has 1 rings (SSSR count). The van der Waals surface area contributed by atoms with Gasteiger partial charge in [-0.3, -0.25) is 4.79 Å². The van der Waals surface area contributed by atoms with Crippen LogP contribution in [-0.2, 0) is 0 Å². The van der Waals surface area contributed by atoms with Crippen LogP contribution in [0.4, 0.5) is 0 Å². The van der Waals surface area contributed by atoms with Gasteiger partial charge >= 0.3 is 0 Å². The Bertz CT molecular complexity index is 481. The number of quaternary nitrogens is 1. The number of ether oxygens (including phenoxy) is 1. The molecular formula is C21H37IN2O2. The first-order valence-corrected chi connectivity index (χ1v) is 9.80. The van der Waals surface area contributed by atoms with Crippen LogP contribution in [0.25, 0.3) is 0 Å². The predicted octanol–water partition coefficient (Wildman–Crippen LogP) is 1.26. The zero-order valence-electron chi connectivity index (χ0n) is 17.0. The van der Waals surface area contributed by atoms with E-state index in [1.807, 2.05) is 24.3 Å². The van der Waals surface area contributed by atoms with E-state index in [9.17, 15) is 4.79 Å². The summed E-state index contributed by atoms with van der Waals surface area (Å²) in [5.41, 5.74) is 0.687. The van der Waals surface area contributed by atoms with Crippen LogP contribution in [-0.4, -0.2) is 50.7 Å². The summed E-state index contributed by atoms with van der Waals surface area (Å²) < 4.78 is 6.19. The Balaban J connectivity index is 0.00000625. The Morgan fingerprint density at radius 1 is 0.962 bits per heavy atom. The first-order valence-electron chi connectivity index (χ1n) is 9.80. The number of amides is 1. The maximum atomic E-state index is 12.3. The molecule has 1 N–H and O–H groups in total. The first-order chi connectivity index (χ1) is 12.0. The highest BCUT2D eigenvalue weighted by molar-refractivity contribution is 5.94. The van der Waals surface area contributed by atoms with Crippen LogP contribution in [0.2, 0.25) is 0 Å². The lowest BCUT2D eigenvalue weighted by Gasteiger charge is -2.35. The van der Waals surface area contributed by atoms with E-state index in [1.165, 1.54) is 51.6 Å². The van der Waals surface area contributed by atoms with Crippen molar-refractivity contribution in [1.29, 1.82) is 0 Å². The minimum absolute atomic E-state index is 0. The smallest absolute Gasteiger partial charge is 0.251 e. The molecule has 0 aliphatic rings. The molecule has 0 radical (unpaired) electrons. The summed E-state index contributed by atoms with van der Waals surface area (Å²) in [6.45, 7) is 8.62. The average molecular weight is 476 g/mol. The monoisotopic (exact) mass is 476 g/mol. The second-order valence-corrected chi connectivity index (χ2v) is 7.19. The van der Waals surface area contributed by atoms with Gasteiger partial charge in [-0.2, -0.15) is 0 Å². The molecule has 0 saturated heterocycles. The number of unbranched alkanes of at least 4 members (excludes halogenated alkanes) is 4. The SMILES string of the molecule is CCCCC[N+](C)(CCCCC)CCNC(=O)c1ccc(OC)cc1.[I-]. The topological polar surface area (TPSA) is 38.3 Å². The van der Waals surface area contributed by atoms with Crippen molar-refractivity contribution in [2.45, 2.75) is 52.4 Å². The second kappa shape index (κ2) is 14.3. The lowest BCUT2D eigenvalue weighted by Crippen LogP contribution is -3.00. The Kier molecular flexibility index (Phi) is 13.8. The molecule has 0 aliphatic heterocycles. The highest BCUT2D eigenvalue weighted by atomic mass is 127. The van der Waals surface area contributed by atoms with E-state index in [2.05, 4.69) is 26.2 Å². The molecule has 1 amide bonds. The number of halogens is 1.